The van der Waals surface area contributed by atoms with E-state index in [2.05, 4.69) is 10.4 Å². The van der Waals surface area contributed by atoms with E-state index in [0.29, 0.717) is 44.0 Å². The smallest absolute Gasteiger partial charge is 0.409 e. The van der Waals surface area contributed by atoms with Crippen molar-refractivity contribution in [2.24, 2.45) is 0 Å². The van der Waals surface area contributed by atoms with Gasteiger partial charge in [0.2, 0.25) is 0 Å². The number of amides is 2. The van der Waals surface area contributed by atoms with Gasteiger partial charge in [0.25, 0.3) is 5.91 Å². The average Bonchev–Trinajstić information content (AvgIpc) is 3.32. The van der Waals surface area contributed by atoms with Gasteiger partial charge in [-0.05, 0) is 50.5 Å². The van der Waals surface area contributed by atoms with E-state index in [0.717, 1.165) is 21.5 Å². The molecule has 0 radical (unpaired) electrons. The number of hydrogen-bond donors (Lipinski definition) is 1. The minimum Gasteiger partial charge on any atom is -0.450 e. The number of carbonyl (C=O) groups excluding carboxylic acids is 2. The molecule has 9 heteroatoms. The Morgan fingerprint density at radius 2 is 1.97 bits per heavy atom. The first-order chi connectivity index (χ1) is 14.9. The minimum atomic E-state index is -0.294. The van der Waals surface area contributed by atoms with Crippen LogP contribution in [0.2, 0.25) is 0 Å². The highest BCUT2D eigenvalue weighted by atomic mass is 32.1. The SMILES string of the molecule is CCOC(=O)N1CCC(NC(=O)c2cc3c(C)nn(Cc4ccc(F)cc4)c3s2)CC1. The lowest BCUT2D eigenvalue weighted by atomic mass is 10.1. The number of halogens is 1. The molecule has 2 amide bonds. The van der Waals surface area contributed by atoms with E-state index in [9.17, 15) is 14.0 Å². The molecule has 0 saturated carbocycles. The summed E-state index contributed by atoms with van der Waals surface area (Å²) in [5.41, 5.74) is 1.80. The van der Waals surface area contributed by atoms with Crippen molar-refractivity contribution in [2.45, 2.75) is 39.3 Å². The van der Waals surface area contributed by atoms with E-state index in [1.54, 1.807) is 24.0 Å². The number of nitrogens with zero attached hydrogens (tertiary/aromatic N) is 3. The summed E-state index contributed by atoms with van der Waals surface area (Å²) in [4.78, 5) is 27.9. The van der Waals surface area contributed by atoms with Crippen molar-refractivity contribution in [2.75, 3.05) is 19.7 Å². The van der Waals surface area contributed by atoms with Crippen molar-refractivity contribution in [3.63, 3.8) is 0 Å². The van der Waals surface area contributed by atoms with Gasteiger partial charge in [-0.15, -0.1) is 11.3 Å². The molecule has 1 aromatic carbocycles. The monoisotopic (exact) mass is 444 g/mol. The second-order valence-electron chi connectivity index (χ2n) is 7.63. The van der Waals surface area contributed by atoms with E-state index >= 15 is 0 Å². The summed E-state index contributed by atoms with van der Waals surface area (Å²) in [6.45, 7) is 5.72. The molecule has 164 valence electrons. The van der Waals surface area contributed by atoms with Gasteiger partial charge in [0.05, 0.1) is 23.7 Å². The Kier molecular flexibility index (Phi) is 6.22. The van der Waals surface area contributed by atoms with Crippen molar-refractivity contribution in [3.05, 3.63) is 52.3 Å². The molecule has 1 saturated heterocycles. The minimum absolute atomic E-state index is 0.0280. The summed E-state index contributed by atoms with van der Waals surface area (Å²) in [5.74, 6) is -0.378. The second-order valence-corrected chi connectivity index (χ2v) is 8.66. The Morgan fingerprint density at radius 3 is 2.65 bits per heavy atom. The van der Waals surface area contributed by atoms with Crippen molar-refractivity contribution in [1.82, 2.24) is 20.0 Å². The lowest BCUT2D eigenvalue weighted by molar-refractivity contribution is 0.0862. The first-order valence-electron chi connectivity index (χ1n) is 10.4. The molecule has 0 spiro atoms. The highest BCUT2D eigenvalue weighted by Crippen LogP contribution is 2.29. The van der Waals surface area contributed by atoms with Crippen LogP contribution in [0.15, 0.2) is 30.3 Å². The number of thiophene rings is 1. The molecule has 3 aromatic rings. The Balaban J connectivity index is 1.42. The van der Waals surface area contributed by atoms with E-state index in [4.69, 9.17) is 4.74 Å². The van der Waals surface area contributed by atoms with Crippen LogP contribution in [0.5, 0.6) is 0 Å². The van der Waals surface area contributed by atoms with E-state index in [1.165, 1.54) is 23.5 Å². The van der Waals surface area contributed by atoms with Crippen LogP contribution in [0.1, 0.15) is 40.7 Å². The molecule has 1 fully saturated rings. The third-order valence-electron chi connectivity index (χ3n) is 5.43. The van der Waals surface area contributed by atoms with Crippen molar-refractivity contribution in [3.8, 4) is 0 Å². The van der Waals surface area contributed by atoms with Gasteiger partial charge in [-0.2, -0.15) is 5.10 Å². The van der Waals surface area contributed by atoms with Crippen LogP contribution in [0, 0.1) is 12.7 Å². The van der Waals surface area contributed by atoms with E-state index < -0.39 is 0 Å². The van der Waals surface area contributed by atoms with Gasteiger partial charge in [-0.25, -0.2) is 9.18 Å². The van der Waals surface area contributed by atoms with Gasteiger partial charge >= 0.3 is 6.09 Å². The van der Waals surface area contributed by atoms with Crippen LogP contribution in [-0.4, -0.2) is 52.4 Å². The molecule has 0 aliphatic carbocycles. The predicted molar refractivity (Wildman–Crippen MR) is 117 cm³/mol. The topological polar surface area (TPSA) is 76.5 Å². The van der Waals surface area contributed by atoms with Gasteiger partial charge in [0.15, 0.2) is 0 Å². The maximum absolute atomic E-state index is 13.2. The molecule has 2 aromatic heterocycles. The third-order valence-corrected chi connectivity index (χ3v) is 6.58. The highest BCUT2D eigenvalue weighted by Gasteiger charge is 2.25. The van der Waals surface area contributed by atoms with Crippen LogP contribution < -0.4 is 5.32 Å². The fraction of sp³-hybridized carbons (Fsp3) is 0.409. The lowest BCUT2D eigenvalue weighted by Gasteiger charge is -2.31. The molecule has 0 unspecified atom stereocenters. The zero-order valence-electron chi connectivity index (χ0n) is 17.6. The first kappa shape index (κ1) is 21.3. The molecule has 0 bridgehead atoms. The highest BCUT2D eigenvalue weighted by molar-refractivity contribution is 7.20. The largest absolute Gasteiger partial charge is 0.450 e. The second kappa shape index (κ2) is 9.05. The zero-order chi connectivity index (χ0) is 22.0. The zero-order valence-corrected chi connectivity index (χ0v) is 18.4. The van der Waals surface area contributed by atoms with Crippen LogP contribution in [0.3, 0.4) is 0 Å². The maximum Gasteiger partial charge on any atom is 0.409 e. The molecule has 1 aliphatic rings. The number of aromatic nitrogens is 2. The van der Waals surface area contributed by atoms with Crippen LogP contribution in [-0.2, 0) is 11.3 Å². The van der Waals surface area contributed by atoms with Gasteiger partial charge < -0.3 is 15.0 Å². The summed E-state index contributed by atoms with van der Waals surface area (Å²) in [6.07, 6.45) is 1.11. The molecule has 4 rings (SSSR count). The standard InChI is InChI=1S/C22H25FN4O3S/c1-3-30-22(29)26-10-8-17(9-11-26)24-20(28)19-12-18-14(2)25-27(21(18)31-19)13-15-4-6-16(23)7-5-15/h4-7,12,17H,3,8-11,13H2,1-2H3,(H,24,28). The third kappa shape index (κ3) is 4.71. The molecule has 0 atom stereocenters. The fourth-order valence-corrected chi connectivity index (χ4v) is 4.84. The summed E-state index contributed by atoms with van der Waals surface area (Å²) in [7, 11) is 0. The molecule has 1 aliphatic heterocycles. The maximum atomic E-state index is 13.2. The van der Waals surface area contributed by atoms with E-state index in [1.807, 2.05) is 17.7 Å². The molecular formula is C22H25FN4O3S. The van der Waals surface area contributed by atoms with Crippen molar-refractivity contribution >= 4 is 33.6 Å². The summed E-state index contributed by atoms with van der Waals surface area (Å²) in [6, 6.07) is 8.25. The number of piperidine rings is 1. The van der Waals surface area contributed by atoms with Gasteiger partial charge in [-0.1, -0.05) is 12.1 Å². The Bertz CT molecular complexity index is 1080. The number of ether oxygens (including phenoxy) is 1. The number of benzene rings is 1. The molecule has 3 heterocycles. The first-order valence-corrected chi connectivity index (χ1v) is 11.2. The average molecular weight is 445 g/mol. The number of likely N-dealkylation sites (tertiary alicyclic amines) is 1. The normalized spacial score (nSPS) is 14.7. The van der Waals surface area contributed by atoms with Gasteiger partial charge in [0.1, 0.15) is 10.6 Å². The van der Waals surface area contributed by atoms with Crippen LogP contribution >= 0.6 is 11.3 Å². The van der Waals surface area contributed by atoms with Gasteiger partial charge in [0, 0.05) is 24.5 Å². The number of nitrogens with one attached hydrogen (secondary N) is 1. The predicted octanol–water partition coefficient (Wildman–Crippen LogP) is 3.94. The van der Waals surface area contributed by atoms with Crippen molar-refractivity contribution < 1.29 is 18.7 Å². The number of carbonyl (C=O) groups is 2. The van der Waals surface area contributed by atoms with Crippen LogP contribution in [0.25, 0.3) is 10.2 Å². The Hall–Kier alpha value is -2.94. The fourth-order valence-electron chi connectivity index (χ4n) is 3.77. The van der Waals surface area contributed by atoms with Crippen LogP contribution in [0.4, 0.5) is 9.18 Å². The van der Waals surface area contributed by atoms with E-state index in [-0.39, 0.29) is 23.9 Å². The number of rotatable bonds is 5. The summed E-state index contributed by atoms with van der Waals surface area (Å²) in [5, 5.41) is 8.62. The van der Waals surface area contributed by atoms with Gasteiger partial charge in [-0.3, -0.25) is 9.48 Å². The Labute approximate surface area is 183 Å². The lowest BCUT2D eigenvalue weighted by Crippen LogP contribution is -2.46. The molecule has 31 heavy (non-hydrogen) atoms. The van der Waals surface area contributed by atoms with Crippen molar-refractivity contribution in [1.29, 1.82) is 0 Å². The number of hydrogen-bond acceptors (Lipinski definition) is 5. The Morgan fingerprint density at radius 1 is 1.26 bits per heavy atom. The molecule has 7 nitrogen and oxygen atoms in total. The quantitative estimate of drug-likeness (QED) is 0.647. The summed E-state index contributed by atoms with van der Waals surface area (Å²) < 4.78 is 20.1. The summed E-state index contributed by atoms with van der Waals surface area (Å²) >= 11 is 1.41. The molecule has 1 N–H and O–H groups in total. The molecular weight excluding hydrogens is 419 g/mol. The number of aryl methyl sites for hydroxylation is 1. The number of fused-ring (bicyclic) bond motifs is 1.